The maximum absolute atomic E-state index is 12.3. The molecule has 1 aromatic carbocycles. The Balaban J connectivity index is 1.53. The van der Waals surface area contributed by atoms with Crippen LogP contribution in [-0.2, 0) is 0 Å². The monoisotopic (exact) mass is 255 g/mol. The Hall–Kier alpha value is -1.81. The Morgan fingerprint density at radius 2 is 2.26 bits per heavy atom. The van der Waals surface area contributed by atoms with Gasteiger partial charge in [0.15, 0.2) is 0 Å². The minimum Gasteiger partial charge on any atom is -0.361 e. The van der Waals surface area contributed by atoms with Gasteiger partial charge in [-0.2, -0.15) is 0 Å². The summed E-state index contributed by atoms with van der Waals surface area (Å²) in [5, 5.41) is 4.33. The lowest BCUT2D eigenvalue weighted by molar-refractivity contribution is 0.0924. The van der Waals surface area contributed by atoms with E-state index in [-0.39, 0.29) is 5.91 Å². The molecule has 2 saturated heterocycles. The molecule has 1 aromatic heterocycles. The summed E-state index contributed by atoms with van der Waals surface area (Å²) in [5.41, 5.74) is 1.76. The molecule has 3 heterocycles. The van der Waals surface area contributed by atoms with Gasteiger partial charge >= 0.3 is 0 Å². The highest BCUT2D eigenvalue weighted by atomic mass is 16.1. The van der Waals surface area contributed by atoms with Crippen molar-refractivity contribution in [2.24, 2.45) is 5.92 Å². The van der Waals surface area contributed by atoms with E-state index in [9.17, 15) is 4.79 Å². The first-order chi connectivity index (χ1) is 9.29. The van der Waals surface area contributed by atoms with Crippen molar-refractivity contribution in [2.45, 2.75) is 12.5 Å². The average molecular weight is 255 g/mol. The second-order valence-corrected chi connectivity index (χ2v) is 5.67. The molecule has 0 spiro atoms. The van der Waals surface area contributed by atoms with Crippen molar-refractivity contribution in [1.82, 2.24) is 15.2 Å². The van der Waals surface area contributed by atoms with Gasteiger partial charge in [-0.1, -0.05) is 6.07 Å². The van der Waals surface area contributed by atoms with Crippen molar-refractivity contribution in [1.29, 1.82) is 0 Å². The number of nitrogens with one attached hydrogen (secondary N) is 2. The Morgan fingerprint density at radius 3 is 3.05 bits per heavy atom. The van der Waals surface area contributed by atoms with E-state index in [1.807, 2.05) is 30.5 Å². The third-order valence-electron chi connectivity index (χ3n) is 4.47. The van der Waals surface area contributed by atoms with Crippen LogP contribution in [0.15, 0.2) is 30.5 Å². The zero-order valence-electron chi connectivity index (χ0n) is 10.7. The summed E-state index contributed by atoms with van der Waals surface area (Å²) in [6, 6.07) is 8.17. The molecule has 2 aromatic rings. The third kappa shape index (κ3) is 1.83. The number of aromatic amines is 1. The van der Waals surface area contributed by atoms with Crippen LogP contribution in [0, 0.1) is 5.92 Å². The van der Waals surface area contributed by atoms with Crippen molar-refractivity contribution in [3.05, 3.63) is 36.0 Å². The summed E-state index contributed by atoms with van der Waals surface area (Å²) >= 11 is 0. The average Bonchev–Trinajstić information content (AvgIpc) is 3.13. The number of rotatable bonds is 2. The fraction of sp³-hybridized carbons (Fsp3) is 0.400. The van der Waals surface area contributed by atoms with Crippen LogP contribution in [0.4, 0.5) is 0 Å². The van der Waals surface area contributed by atoms with E-state index in [0.717, 1.165) is 29.6 Å². The fourth-order valence-corrected chi connectivity index (χ4v) is 3.39. The molecule has 4 heteroatoms. The first kappa shape index (κ1) is 11.1. The molecule has 0 saturated carbocycles. The summed E-state index contributed by atoms with van der Waals surface area (Å²) in [4.78, 5) is 17.9. The minimum atomic E-state index is 0.0512. The number of nitrogens with zero attached hydrogens (tertiary/aromatic N) is 1. The van der Waals surface area contributed by atoms with Crippen molar-refractivity contribution in [3.8, 4) is 0 Å². The lowest BCUT2D eigenvalue weighted by Crippen LogP contribution is -2.43. The summed E-state index contributed by atoms with van der Waals surface area (Å²) in [7, 11) is 0. The molecule has 1 amide bonds. The van der Waals surface area contributed by atoms with E-state index in [4.69, 9.17) is 0 Å². The van der Waals surface area contributed by atoms with Crippen LogP contribution in [0.3, 0.4) is 0 Å². The van der Waals surface area contributed by atoms with Gasteiger partial charge in [-0.15, -0.1) is 0 Å². The number of carbonyl (C=O) groups is 1. The van der Waals surface area contributed by atoms with E-state index in [2.05, 4.69) is 15.2 Å². The van der Waals surface area contributed by atoms with E-state index in [0.29, 0.717) is 12.0 Å². The molecule has 4 nitrogen and oxygen atoms in total. The first-order valence-electron chi connectivity index (χ1n) is 6.90. The molecule has 4 rings (SSSR count). The van der Waals surface area contributed by atoms with Gasteiger partial charge in [0, 0.05) is 36.4 Å². The van der Waals surface area contributed by atoms with Gasteiger partial charge in [-0.3, -0.25) is 4.79 Å². The van der Waals surface area contributed by atoms with Gasteiger partial charge in [-0.05, 0) is 42.5 Å². The maximum Gasteiger partial charge on any atom is 0.251 e. The highest BCUT2D eigenvalue weighted by Crippen LogP contribution is 2.28. The Morgan fingerprint density at radius 1 is 1.32 bits per heavy atom. The second-order valence-electron chi connectivity index (χ2n) is 5.67. The Labute approximate surface area is 111 Å². The lowest BCUT2D eigenvalue weighted by Gasteiger charge is -2.23. The molecule has 2 aliphatic heterocycles. The minimum absolute atomic E-state index is 0.0512. The molecule has 0 aliphatic carbocycles. The number of H-pyrrole nitrogens is 1. The quantitative estimate of drug-likeness (QED) is 0.856. The molecule has 2 aliphatic rings. The van der Waals surface area contributed by atoms with Gasteiger partial charge in [0.05, 0.1) is 0 Å². The SMILES string of the molecule is O=C(NC1CN2CC[C@@H]1C2)c1ccc2cc[nH]c2c1. The van der Waals surface area contributed by atoms with Crippen LogP contribution in [0.2, 0.25) is 0 Å². The second kappa shape index (κ2) is 4.10. The Kier molecular flexibility index (Phi) is 2.38. The van der Waals surface area contributed by atoms with E-state index < -0.39 is 0 Å². The van der Waals surface area contributed by atoms with Crippen LogP contribution >= 0.6 is 0 Å². The Bertz CT molecular complexity index is 633. The number of hydrogen-bond acceptors (Lipinski definition) is 2. The smallest absolute Gasteiger partial charge is 0.251 e. The molecular formula is C15H17N3O. The lowest BCUT2D eigenvalue weighted by atomic mass is 9.99. The van der Waals surface area contributed by atoms with Crippen LogP contribution < -0.4 is 5.32 Å². The standard InChI is InChI=1S/C15H17N3O/c19-15(17-14-9-18-6-4-12(14)8-18)11-2-1-10-3-5-16-13(10)7-11/h1-3,5,7,12,14,16H,4,6,8-9H2,(H,17,19)/t12-,14?/m1/s1. The number of fused-ring (bicyclic) bond motifs is 3. The molecule has 2 N–H and O–H groups in total. The molecule has 0 radical (unpaired) electrons. The third-order valence-corrected chi connectivity index (χ3v) is 4.47. The van der Waals surface area contributed by atoms with Crippen molar-refractivity contribution < 1.29 is 4.79 Å². The zero-order valence-corrected chi connectivity index (χ0v) is 10.7. The van der Waals surface area contributed by atoms with Crippen LogP contribution in [0.25, 0.3) is 10.9 Å². The zero-order chi connectivity index (χ0) is 12.8. The molecule has 2 bridgehead atoms. The number of piperidine rings is 1. The highest BCUT2D eigenvalue weighted by Gasteiger charge is 2.38. The largest absolute Gasteiger partial charge is 0.361 e. The summed E-state index contributed by atoms with van der Waals surface area (Å²) in [5.74, 6) is 0.702. The molecule has 19 heavy (non-hydrogen) atoms. The number of amides is 1. The molecule has 2 fully saturated rings. The highest BCUT2D eigenvalue weighted by molar-refractivity contribution is 5.98. The number of aromatic nitrogens is 1. The van der Waals surface area contributed by atoms with Crippen LogP contribution in [0.5, 0.6) is 0 Å². The van der Waals surface area contributed by atoms with Crippen LogP contribution in [-0.4, -0.2) is 41.5 Å². The normalized spacial score (nSPS) is 28.9. The predicted molar refractivity (Wildman–Crippen MR) is 74.1 cm³/mol. The van der Waals surface area contributed by atoms with E-state index in [1.165, 1.54) is 13.0 Å². The van der Waals surface area contributed by atoms with Gasteiger partial charge in [0.1, 0.15) is 0 Å². The van der Waals surface area contributed by atoms with Crippen molar-refractivity contribution in [3.63, 3.8) is 0 Å². The molecular weight excluding hydrogens is 238 g/mol. The number of carbonyl (C=O) groups excluding carboxylic acids is 1. The fourth-order valence-electron chi connectivity index (χ4n) is 3.39. The molecule has 3 atom stereocenters. The van der Waals surface area contributed by atoms with Gasteiger partial charge < -0.3 is 15.2 Å². The number of benzene rings is 1. The summed E-state index contributed by atoms with van der Waals surface area (Å²) in [6.07, 6.45) is 3.12. The van der Waals surface area contributed by atoms with Gasteiger partial charge in [-0.25, -0.2) is 0 Å². The summed E-state index contributed by atoms with van der Waals surface area (Å²) in [6.45, 7) is 3.37. The summed E-state index contributed by atoms with van der Waals surface area (Å²) < 4.78 is 0. The maximum atomic E-state index is 12.3. The van der Waals surface area contributed by atoms with E-state index in [1.54, 1.807) is 0 Å². The molecule has 98 valence electrons. The molecule has 2 unspecified atom stereocenters. The first-order valence-corrected chi connectivity index (χ1v) is 6.90. The van der Waals surface area contributed by atoms with Gasteiger partial charge in [0.25, 0.3) is 5.91 Å². The van der Waals surface area contributed by atoms with Gasteiger partial charge in [0.2, 0.25) is 0 Å². The predicted octanol–water partition coefficient (Wildman–Crippen LogP) is 1.60. The van der Waals surface area contributed by atoms with E-state index >= 15 is 0 Å². The topological polar surface area (TPSA) is 48.1 Å². The van der Waals surface area contributed by atoms with Crippen molar-refractivity contribution in [2.75, 3.05) is 19.6 Å². The van der Waals surface area contributed by atoms with Crippen molar-refractivity contribution >= 4 is 16.8 Å². The van der Waals surface area contributed by atoms with Crippen LogP contribution in [0.1, 0.15) is 16.8 Å². The number of hydrogen-bond donors (Lipinski definition) is 2.